The standard InChI is InChI=1S/C17H17FN2O4S/c18-13-6-8-14(9-7-13)20-11-15(24-12-17(20)21)10-19-25(22,23)16-4-2-1-3-5-16/h1-9,15,19H,10-12H2. The highest BCUT2D eigenvalue weighted by Crippen LogP contribution is 2.19. The summed E-state index contributed by atoms with van der Waals surface area (Å²) in [7, 11) is -3.64. The molecule has 1 fully saturated rings. The molecule has 0 aliphatic carbocycles. The van der Waals surface area contributed by atoms with Crippen LogP contribution in [-0.2, 0) is 19.6 Å². The minimum absolute atomic E-state index is 0.0300. The normalized spacial score (nSPS) is 18.4. The summed E-state index contributed by atoms with van der Waals surface area (Å²) in [5.74, 6) is -0.648. The number of anilines is 1. The first-order chi connectivity index (χ1) is 12.0. The maximum atomic E-state index is 13.0. The second kappa shape index (κ2) is 7.30. The Bertz CT molecular complexity index is 841. The number of nitrogens with one attached hydrogen (secondary N) is 1. The van der Waals surface area contributed by atoms with E-state index >= 15 is 0 Å². The molecule has 1 saturated heterocycles. The van der Waals surface area contributed by atoms with E-state index < -0.39 is 21.9 Å². The van der Waals surface area contributed by atoms with Gasteiger partial charge in [0.25, 0.3) is 5.91 Å². The van der Waals surface area contributed by atoms with Gasteiger partial charge in [0.15, 0.2) is 0 Å². The zero-order valence-electron chi connectivity index (χ0n) is 13.3. The van der Waals surface area contributed by atoms with Crippen LogP contribution in [0.4, 0.5) is 10.1 Å². The molecule has 132 valence electrons. The van der Waals surface area contributed by atoms with Crippen LogP contribution >= 0.6 is 0 Å². The highest BCUT2D eigenvalue weighted by Gasteiger charge is 2.28. The van der Waals surface area contributed by atoms with E-state index in [0.29, 0.717) is 5.69 Å². The lowest BCUT2D eigenvalue weighted by Crippen LogP contribution is -2.50. The molecule has 1 amide bonds. The molecule has 8 heteroatoms. The Balaban J connectivity index is 1.66. The molecule has 25 heavy (non-hydrogen) atoms. The van der Waals surface area contributed by atoms with Crippen LogP contribution in [0, 0.1) is 5.82 Å². The van der Waals surface area contributed by atoms with Crippen molar-refractivity contribution >= 4 is 21.6 Å². The number of hydrogen-bond acceptors (Lipinski definition) is 4. The number of benzene rings is 2. The van der Waals surface area contributed by atoms with Gasteiger partial charge in [0.2, 0.25) is 10.0 Å². The van der Waals surface area contributed by atoms with Gasteiger partial charge in [-0.3, -0.25) is 4.79 Å². The summed E-state index contributed by atoms with van der Waals surface area (Å²) >= 11 is 0. The Morgan fingerprint density at radius 1 is 1.12 bits per heavy atom. The fourth-order valence-electron chi connectivity index (χ4n) is 2.50. The van der Waals surface area contributed by atoms with E-state index in [9.17, 15) is 17.6 Å². The molecule has 1 unspecified atom stereocenters. The number of amides is 1. The Morgan fingerprint density at radius 2 is 1.80 bits per heavy atom. The molecular formula is C17H17FN2O4S. The van der Waals surface area contributed by atoms with Gasteiger partial charge >= 0.3 is 0 Å². The first-order valence-electron chi connectivity index (χ1n) is 7.68. The highest BCUT2D eigenvalue weighted by atomic mass is 32.2. The lowest BCUT2D eigenvalue weighted by molar-refractivity contribution is -0.129. The number of hydrogen-bond donors (Lipinski definition) is 1. The zero-order chi connectivity index (χ0) is 17.9. The Kier molecular flexibility index (Phi) is 5.12. The third-order valence-electron chi connectivity index (χ3n) is 3.82. The summed E-state index contributed by atoms with van der Waals surface area (Å²) in [4.78, 5) is 13.6. The zero-order valence-corrected chi connectivity index (χ0v) is 14.1. The summed E-state index contributed by atoms with van der Waals surface area (Å²) in [6, 6.07) is 13.6. The van der Waals surface area contributed by atoms with Crippen molar-refractivity contribution in [2.75, 3.05) is 24.6 Å². The minimum Gasteiger partial charge on any atom is -0.365 e. The lowest BCUT2D eigenvalue weighted by atomic mass is 10.2. The first kappa shape index (κ1) is 17.5. The average Bonchev–Trinajstić information content (AvgIpc) is 2.63. The Hall–Kier alpha value is -2.29. The van der Waals surface area contributed by atoms with Crippen LogP contribution in [0.5, 0.6) is 0 Å². The number of sulfonamides is 1. The van der Waals surface area contributed by atoms with E-state index in [0.717, 1.165) is 0 Å². The number of rotatable bonds is 5. The molecule has 0 radical (unpaired) electrons. The van der Waals surface area contributed by atoms with E-state index in [1.54, 1.807) is 18.2 Å². The smallest absolute Gasteiger partial charge is 0.253 e. The molecule has 1 atom stereocenters. The topological polar surface area (TPSA) is 75.7 Å². The molecule has 1 heterocycles. The molecule has 3 rings (SSSR count). The largest absolute Gasteiger partial charge is 0.365 e. The summed E-state index contributed by atoms with van der Waals surface area (Å²) < 4.78 is 45.4. The Labute approximate surface area is 145 Å². The molecule has 1 aliphatic heterocycles. The van der Waals surface area contributed by atoms with Crippen LogP contribution in [0.2, 0.25) is 0 Å². The molecule has 0 saturated carbocycles. The second-order valence-corrected chi connectivity index (χ2v) is 7.35. The Morgan fingerprint density at radius 3 is 2.48 bits per heavy atom. The van der Waals surface area contributed by atoms with Crippen LogP contribution in [0.3, 0.4) is 0 Å². The SMILES string of the molecule is O=C1COC(CNS(=O)(=O)c2ccccc2)CN1c1ccc(F)cc1. The van der Waals surface area contributed by atoms with Gasteiger partial charge in [-0.25, -0.2) is 17.5 Å². The quantitative estimate of drug-likeness (QED) is 0.873. The van der Waals surface area contributed by atoms with Crippen LogP contribution in [0.1, 0.15) is 0 Å². The molecule has 0 bridgehead atoms. The molecule has 2 aromatic rings. The van der Waals surface area contributed by atoms with Gasteiger partial charge in [-0.1, -0.05) is 18.2 Å². The minimum atomic E-state index is -3.64. The van der Waals surface area contributed by atoms with E-state index in [1.165, 1.54) is 41.3 Å². The van der Waals surface area contributed by atoms with Crippen LogP contribution in [0.25, 0.3) is 0 Å². The number of carbonyl (C=O) groups is 1. The molecule has 0 aromatic heterocycles. The van der Waals surface area contributed by atoms with E-state index in [1.807, 2.05) is 0 Å². The third-order valence-corrected chi connectivity index (χ3v) is 5.26. The fourth-order valence-corrected chi connectivity index (χ4v) is 3.59. The van der Waals surface area contributed by atoms with Crippen LogP contribution in [0.15, 0.2) is 59.5 Å². The van der Waals surface area contributed by atoms with Gasteiger partial charge in [-0.2, -0.15) is 0 Å². The lowest BCUT2D eigenvalue weighted by Gasteiger charge is -2.32. The van der Waals surface area contributed by atoms with Crippen LogP contribution < -0.4 is 9.62 Å². The van der Waals surface area contributed by atoms with Crippen molar-refractivity contribution in [3.8, 4) is 0 Å². The summed E-state index contributed by atoms with van der Waals surface area (Å²) in [6.45, 7) is 0.0546. The number of nitrogens with zero attached hydrogens (tertiary/aromatic N) is 1. The molecule has 6 nitrogen and oxygen atoms in total. The molecule has 1 N–H and O–H groups in total. The fraction of sp³-hybridized carbons (Fsp3) is 0.235. The number of ether oxygens (including phenoxy) is 1. The van der Waals surface area contributed by atoms with Crippen LogP contribution in [-0.4, -0.2) is 40.1 Å². The van der Waals surface area contributed by atoms with Gasteiger partial charge in [-0.15, -0.1) is 0 Å². The van der Waals surface area contributed by atoms with Gasteiger partial charge in [-0.05, 0) is 36.4 Å². The van der Waals surface area contributed by atoms with Crippen molar-refractivity contribution in [1.29, 1.82) is 0 Å². The van der Waals surface area contributed by atoms with Gasteiger partial charge in [0.1, 0.15) is 12.4 Å². The maximum Gasteiger partial charge on any atom is 0.253 e. The van der Waals surface area contributed by atoms with Crippen molar-refractivity contribution in [1.82, 2.24) is 4.72 Å². The maximum absolute atomic E-state index is 13.0. The molecule has 0 spiro atoms. The van der Waals surface area contributed by atoms with Crippen molar-refractivity contribution in [3.63, 3.8) is 0 Å². The monoisotopic (exact) mass is 364 g/mol. The number of morpholine rings is 1. The summed E-state index contributed by atoms with van der Waals surface area (Å²) in [5.41, 5.74) is 0.547. The predicted octanol–water partition coefficient (Wildman–Crippen LogP) is 1.54. The van der Waals surface area contributed by atoms with E-state index in [4.69, 9.17) is 4.74 Å². The van der Waals surface area contributed by atoms with Crippen molar-refractivity contribution < 1.29 is 22.3 Å². The molecule has 2 aromatic carbocycles. The average molecular weight is 364 g/mol. The summed E-state index contributed by atoms with van der Waals surface area (Å²) in [6.07, 6.45) is -0.499. The van der Waals surface area contributed by atoms with Gasteiger partial charge in [0.05, 0.1) is 17.5 Å². The number of carbonyl (C=O) groups excluding carboxylic acids is 1. The van der Waals surface area contributed by atoms with Gasteiger partial charge in [0, 0.05) is 12.2 Å². The number of halogens is 1. The molecular weight excluding hydrogens is 347 g/mol. The highest BCUT2D eigenvalue weighted by molar-refractivity contribution is 7.89. The predicted molar refractivity (Wildman–Crippen MR) is 90.1 cm³/mol. The van der Waals surface area contributed by atoms with Crippen molar-refractivity contribution in [3.05, 3.63) is 60.4 Å². The first-order valence-corrected chi connectivity index (χ1v) is 9.16. The molecule has 1 aliphatic rings. The van der Waals surface area contributed by atoms with Crippen molar-refractivity contribution in [2.24, 2.45) is 0 Å². The van der Waals surface area contributed by atoms with E-state index in [2.05, 4.69) is 4.72 Å². The second-order valence-electron chi connectivity index (χ2n) is 5.58. The van der Waals surface area contributed by atoms with Crippen molar-refractivity contribution in [2.45, 2.75) is 11.0 Å². The van der Waals surface area contributed by atoms with E-state index in [-0.39, 0.29) is 30.5 Å². The summed E-state index contributed by atoms with van der Waals surface area (Å²) in [5, 5.41) is 0. The van der Waals surface area contributed by atoms with Gasteiger partial charge < -0.3 is 9.64 Å². The third kappa shape index (κ3) is 4.22.